The van der Waals surface area contributed by atoms with Crippen LogP contribution in [-0.4, -0.2) is 26.2 Å². The van der Waals surface area contributed by atoms with Crippen LogP contribution in [0.25, 0.3) is 0 Å². The summed E-state index contributed by atoms with van der Waals surface area (Å²) in [6, 6.07) is 3.83. The Morgan fingerprint density at radius 3 is 2.56 bits per heavy atom. The van der Waals surface area contributed by atoms with Crippen molar-refractivity contribution in [3.05, 3.63) is 23.3 Å². The van der Waals surface area contributed by atoms with Crippen LogP contribution in [0.3, 0.4) is 0 Å². The minimum absolute atomic E-state index is 0.384. The number of nitrogens with two attached hydrogens (primary N) is 1. The van der Waals surface area contributed by atoms with E-state index in [-0.39, 0.29) is 5.97 Å². The molecule has 0 saturated carbocycles. The average Bonchev–Trinajstić information content (AvgIpc) is 2.38. The predicted molar refractivity (Wildman–Crippen MR) is 75.1 cm³/mol. The van der Waals surface area contributed by atoms with Crippen LogP contribution in [0, 0.1) is 6.92 Å². The first-order chi connectivity index (χ1) is 8.54. The zero-order chi connectivity index (χ0) is 13.7. The van der Waals surface area contributed by atoms with Crippen LogP contribution < -0.4 is 10.6 Å². The average molecular weight is 250 g/mol. The predicted octanol–water partition coefficient (Wildman–Crippen LogP) is 2.60. The Balaban J connectivity index is 3.22. The smallest absolute Gasteiger partial charge is 0.340 e. The van der Waals surface area contributed by atoms with Crippen molar-refractivity contribution < 1.29 is 9.53 Å². The normalized spacial score (nSPS) is 10.2. The molecule has 0 fully saturated rings. The number of methoxy groups -OCH3 is 1. The minimum atomic E-state index is -0.384. The van der Waals surface area contributed by atoms with Crippen molar-refractivity contribution in [2.24, 2.45) is 0 Å². The quantitative estimate of drug-likeness (QED) is 0.644. The topological polar surface area (TPSA) is 55.6 Å². The number of carbonyl (C=O) groups is 1. The van der Waals surface area contributed by atoms with E-state index in [9.17, 15) is 4.79 Å². The Labute approximate surface area is 109 Å². The number of benzene rings is 1. The van der Waals surface area contributed by atoms with Crippen molar-refractivity contribution in [3.8, 4) is 0 Å². The van der Waals surface area contributed by atoms with Crippen LogP contribution in [-0.2, 0) is 4.74 Å². The standard InChI is InChI=1S/C14H22N2O2/c1-5-7-16(6-2)11-8-10(3)13(15)12(9-11)14(17)18-4/h8-9H,5-7,15H2,1-4H3. The van der Waals surface area contributed by atoms with Crippen molar-refractivity contribution in [2.45, 2.75) is 27.2 Å². The van der Waals surface area contributed by atoms with Gasteiger partial charge in [-0.1, -0.05) is 6.92 Å². The van der Waals surface area contributed by atoms with Crippen molar-refractivity contribution in [1.29, 1.82) is 0 Å². The molecule has 4 heteroatoms. The molecule has 0 bridgehead atoms. The maximum atomic E-state index is 11.7. The van der Waals surface area contributed by atoms with E-state index in [2.05, 4.69) is 18.7 Å². The van der Waals surface area contributed by atoms with E-state index in [1.165, 1.54) is 7.11 Å². The molecule has 0 spiro atoms. The van der Waals surface area contributed by atoms with E-state index >= 15 is 0 Å². The van der Waals surface area contributed by atoms with E-state index < -0.39 is 0 Å². The van der Waals surface area contributed by atoms with Crippen molar-refractivity contribution >= 4 is 17.3 Å². The second-order valence-corrected chi connectivity index (χ2v) is 4.30. The van der Waals surface area contributed by atoms with Gasteiger partial charge in [-0.05, 0) is 38.0 Å². The Morgan fingerprint density at radius 2 is 2.06 bits per heavy atom. The van der Waals surface area contributed by atoms with Gasteiger partial charge < -0.3 is 15.4 Å². The van der Waals surface area contributed by atoms with Crippen LogP contribution in [0.1, 0.15) is 36.2 Å². The molecule has 0 atom stereocenters. The summed E-state index contributed by atoms with van der Waals surface area (Å²) in [5.74, 6) is -0.384. The molecule has 1 aromatic carbocycles. The summed E-state index contributed by atoms with van der Waals surface area (Å²) in [7, 11) is 1.37. The van der Waals surface area contributed by atoms with Gasteiger partial charge in [-0.2, -0.15) is 0 Å². The Kier molecular flexibility index (Phi) is 5.01. The van der Waals surface area contributed by atoms with E-state index in [4.69, 9.17) is 10.5 Å². The number of ether oxygens (including phenoxy) is 1. The Morgan fingerprint density at radius 1 is 1.39 bits per heavy atom. The summed E-state index contributed by atoms with van der Waals surface area (Å²) in [5.41, 5.74) is 8.79. The fraction of sp³-hybridized carbons (Fsp3) is 0.500. The molecule has 4 nitrogen and oxygen atoms in total. The number of nitrogen functional groups attached to an aromatic ring is 1. The Hall–Kier alpha value is -1.71. The first-order valence-electron chi connectivity index (χ1n) is 6.28. The van der Waals surface area contributed by atoms with Crippen LogP contribution in [0.15, 0.2) is 12.1 Å². The summed E-state index contributed by atoms with van der Waals surface area (Å²) in [6.07, 6.45) is 1.06. The van der Waals surface area contributed by atoms with E-state index in [1.54, 1.807) is 0 Å². The first-order valence-corrected chi connectivity index (χ1v) is 6.28. The van der Waals surface area contributed by atoms with Crippen LogP contribution >= 0.6 is 0 Å². The molecule has 0 aliphatic rings. The van der Waals surface area contributed by atoms with E-state index in [1.807, 2.05) is 19.1 Å². The number of hydrogen-bond acceptors (Lipinski definition) is 4. The second-order valence-electron chi connectivity index (χ2n) is 4.30. The summed E-state index contributed by atoms with van der Waals surface area (Å²) < 4.78 is 4.76. The van der Waals surface area contributed by atoms with E-state index in [0.29, 0.717) is 11.3 Å². The molecule has 0 saturated heterocycles. The fourth-order valence-electron chi connectivity index (χ4n) is 1.98. The summed E-state index contributed by atoms with van der Waals surface area (Å²) in [6.45, 7) is 8.00. The minimum Gasteiger partial charge on any atom is -0.465 e. The molecule has 1 rings (SSSR count). The van der Waals surface area contributed by atoms with Crippen molar-refractivity contribution in [2.75, 3.05) is 30.8 Å². The van der Waals surface area contributed by atoms with Gasteiger partial charge in [0, 0.05) is 24.5 Å². The van der Waals surface area contributed by atoms with Gasteiger partial charge in [0.25, 0.3) is 0 Å². The van der Waals surface area contributed by atoms with Gasteiger partial charge in [0.2, 0.25) is 0 Å². The van der Waals surface area contributed by atoms with Crippen LogP contribution in [0.2, 0.25) is 0 Å². The maximum Gasteiger partial charge on any atom is 0.340 e. The largest absolute Gasteiger partial charge is 0.465 e. The Bertz CT molecular complexity index is 430. The molecule has 0 heterocycles. The van der Waals surface area contributed by atoms with Crippen LogP contribution in [0.5, 0.6) is 0 Å². The molecule has 0 aliphatic heterocycles. The number of nitrogens with zero attached hydrogens (tertiary/aromatic N) is 1. The lowest BCUT2D eigenvalue weighted by Gasteiger charge is -2.24. The molecular formula is C14H22N2O2. The highest BCUT2D eigenvalue weighted by molar-refractivity contribution is 5.97. The van der Waals surface area contributed by atoms with Crippen molar-refractivity contribution in [1.82, 2.24) is 0 Å². The lowest BCUT2D eigenvalue weighted by Crippen LogP contribution is -2.24. The second kappa shape index (κ2) is 6.28. The third-order valence-corrected chi connectivity index (χ3v) is 3.02. The number of esters is 1. The maximum absolute atomic E-state index is 11.7. The summed E-state index contributed by atoms with van der Waals surface area (Å²) in [4.78, 5) is 13.9. The molecule has 0 aromatic heterocycles. The molecule has 2 N–H and O–H groups in total. The first kappa shape index (κ1) is 14.4. The number of carbonyl (C=O) groups excluding carboxylic acids is 1. The molecule has 18 heavy (non-hydrogen) atoms. The lowest BCUT2D eigenvalue weighted by atomic mass is 10.1. The molecule has 0 aliphatic carbocycles. The number of hydrogen-bond donors (Lipinski definition) is 1. The molecular weight excluding hydrogens is 228 g/mol. The number of rotatable bonds is 5. The highest BCUT2D eigenvalue weighted by Gasteiger charge is 2.15. The monoisotopic (exact) mass is 250 g/mol. The number of aryl methyl sites for hydroxylation is 1. The van der Waals surface area contributed by atoms with Gasteiger partial charge in [-0.3, -0.25) is 0 Å². The zero-order valence-electron chi connectivity index (χ0n) is 11.6. The van der Waals surface area contributed by atoms with Gasteiger partial charge in [0.15, 0.2) is 0 Å². The summed E-state index contributed by atoms with van der Waals surface area (Å²) >= 11 is 0. The van der Waals surface area contributed by atoms with Crippen LogP contribution in [0.4, 0.5) is 11.4 Å². The van der Waals surface area contributed by atoms with Gasteiger partial charge in [0.05, 0.1) is 12.7 Å². The van der Waals surface area contributed by atoms with E-state index in [0.717, 1.165) is 30.8 Å². The zero-order valence-corrected chi connectivity index (χ0v) is 11.6. The molecule has 0 radical (unpaired) electrons. The highest BCUT2D eigenvalue weighted by Crippen LogP contribution is 2.26. The van der Waals surface area contributed by atoms with Gasteiger partial charge >= 0.3 is 5.97 Å². The fourth-order valence-corrected chi connectivity index (χ4v) is 1.98. The molecule has 0 unspecified atom stereocenters. The SMILES string of the molecule is CCCN(CC)c1cc(C)c(N)c(C(=O)OC)c1. The number of anilines is 2. The highest BCUT2D eigenvalue weighted by atomic mass is 16.5. The van der Waals surface area contributed by atoms with Gasteiger partial charge in [-0.15, -0.1) is 0 Å². The lowest BCUT2D eigenvalue weighted by molar-refractivity contribution is 0.0602. The third-order valence-electron chi connectivity index (χ3n) is 3.02. The van der Waals surface area contributed by atoms with Gasteiger partial charge in [-0.25, -0.2) is 4.79 Å². The molecule has 1 aromatic rings. The third kappa shape index (κ3) is 2.94. The van der Waals surface area contributed by atoms with Gasteiger partial charge in [0.1, 0.15) is 0 Å². The van der Waals surface area contributed by atoms with Crippen molar-refractivity contribution in [3.63, 3.8) is 0 Å². The molecule has 0 amide bonds. The summed E-state index contributed by atoms with van der Waals surface area (Å²) in [5, 5.41) is 0. The molecule has 100 valence electrons.